The SMILES string of the molecule is Cc1ccc(Oc2ncnc(NC(c3ccccc3)c3ccccc3)c2N)cc1C. The minimum atomic E-state index is -0.112. The van der Waals surface area contributed by atoms with Crippen molar-refractivity contribution >= 4 is 11.5 Å². The summed E-state index contributed by atoms with van der Waals surface area (Å²) in [4.78, 5) is 8.62. The van der Waals surface area contributed by atoms with Crippen molar-refractivity contribution in [1.29, 1.82) is 0 Å². The molecule has 1 heterocycles. The molecule has 4 rings (SSSR count). The first-order valence-corrected chi connectivity index (χ1v) is 9.84. The molecule has 4 aromatic rings. The molecule has 150 valence electrons. The Bertz CT molecular complexity index is 1090. The number of nitrogens with zero attached hydrogens (tertiary/aromatic N) is 2. The standard InChI is InChI=1S/C25H24N4O/c1-17-13-14-21(15-18(17)2)30-25-22(26)24(27-16-28-25)29-23(19-9-5-3-6-10-19)20-11-7-4-8-12-20/h3-16,23H,26H2,1-2H3,(H,27,28,29). The number of nitrogen functional groups attached to an aromatic ring is 1. The van der Waals surface area contributed by atoms with Gasteiger partial charge in [-0.1, -0.05) is 66.7 Å². The summed E-state index contributed by atoms with van der Waals surface area (Å²) in [7, 11) is 0. The van der Waals surface area contributed by atoms with E-state index in [4.69, 9.17) is 10.5 Å². The summed E-state index contributed by atoms with van der Waals surface area (Å²) in [6, 6.07) is 26.2. The molecule has 0 spiro atoms. The topological polar surface area (TPSA) is 73.1 Å². The van der Waals surface area contributed by atoms with Gasteiger partial charge < -0.3 is 15.8 Å². The smallest absolute Gasteiger partial charge is 0.248 e. The molecule has 1 aromatic heterocycles. The lowest BCUT2D eigenvalue weighted by atomic mass is 9.99. The lowest BCUT2D eigenvalue weighted by molar-refractivity contribution is 0.464. The first-order chi connectivity index (χ1) is 14.6. The summed E-state index contributed by atoms with van der Waals surface area (Å²) in [5, 5.41) is 3.47. The van der Waals surface area contributed by atoms with Gasteiger partial charge in [0.1, 0.15) is 17.8 Å². The first kappa shape index (κ1) is 19.5. The highest BCUT2D eigenvalue weighted by atomic mass is 16.5. The predicted octanol–water partition coefficient (Wildman–Crippen LogP) is 5.67. The Labute approximate surface area is 176 Å². The van der Waals surface area contributed by atoms with E-state index in [2.05, 4.69) is 46.5 Å². The lowest BCUT2D eigenvalue weighted by Crippen LogP contribution is -2.15. The van der Waals surface area contributed by atoms with Crippen LogP contribution in [0.5, 0.6) is 11.6 Å². The summed E-state index contributed by atoms with van der Waals surface area (Å²) < 4.78 is 5.96. The zero-order valence-corrected chi connectivity index (χ0v) is 17.0. The van der Waals surface area contributed by atoms with E-state index in [0.29, 0.717) is 23.1 Å². The van der Waals surface area contributed by atoms with Gasteiger partial charge in [-0.2, -0.15) is 4.98 Å². The second-order valence-corrected chi connectivity index (χ2v) is 7.19. The molecule has 0 saturated heterocycles. The van der Waals surface area contributed by atoms with E-state index in [1.165, 1.54) is 11.9 Å². The maximum atomic E-state index is 6.39. The second kappa shape index (κ2) is 8.66. The number of hydrogen-bond donors (Lipinski definition) is 2. The molecule has 0 aliphatic carbocycles. The number of aryl methyl sites for hydroxylation is 2. The molecule has 0 radical (unpaired) electrons. The number of benzene rings is 3. The molecule has 0 saturated carbocycles. The van der Waals surface area contributed by atoms with Gasteiger partial charge in [0.15, 0.2) is 5.82 Å². The third-order valence-corrected chi connectivity index (χ3v) is 5.09. The van der Waals surface area contributed by atoms with Crippen LogP contribution >= 0.6 is 0 Å². The molecule has 30 heavy (non-hydrogen) atoms. The van der Waals surface area contributed by atoms with Crippen LogP contribution in [0.4, 0.5) is 11.5 Å². The van der Waals surface area contributed by atoms with Crippen molar-refractivity contribution in [3.8, 4) is 11.6 Å². The molecular weight excluding hydrogens is 372 g/mol. The Morgan fingerprint density at radius 2 is 1.43 bits per heavy atom. The normalized spacial score (nSPS) is 10.8. The molecule has 5 heteroatoms. The summed E-state index contributed by atoms with van der Waals surface area (Å²) in [5.74, 6) is 1.55. The van der Waals surface area contributed by atoms with Crippen molar-refractivity contribution in [1.82, 2.24) is 9.97 Å². The van der Waals surface area contributed by atoms with E-state index in [9.17, 15) is 0 Å². The number of aromatic nitrogens is 2. The molecule has 0 bridgehead atoms. The van der Waals surface area contributed by atoms with Crippen molar-refractivity contribution < 1.29 is 4.74 Å². The average molecular weight is 396 g/mol. The van der Waals surface area contributed by atoms with Crippen LogP contribution < -0.4 is 15.8 Å². The highest BCUT2D eigenvalue weighted by Gasteiger charge is 2.18. The van der Waals surface area contributed by atoms with Crippen molar-refractivity contribution in [3.63, 3.8) is 0 Å². The van der Waals surface area contributed by atoms with Gasteiger partial charge >= 0.3 is 0 Å². The van der Waals surface area contributed by atoms with Gasteiger partial charge in [0, 0.05) is 0 Å². The Kier molecular flexibility index (Phi) is 5.61. The Balaban J connectivity index is 1.66. The molecule has 0 fully saturated rings. The van der Waals surface area contributed by atoms with Gasteiger partial charge in [-0.15, -0.1) is 0 Å². The zero-order valence-electron chi connectivity index (χ0n) is 17.0. The largest absolute Gasteiger partial charge is 0.437 e. The van der Waals surface area contributed by atoms with Crippen molar-refractivity contribution in [2.24, 2.45) is 0 Å². The van der Waals surface area contributed by atoms with Crippen LogP contribution in [0.1, 0.15) is 28.3 Å². The molecular formula is C25H24N4O. The fourth-order valence-electron chi connectivity index (χ4n) is 3.25. The monoisotopic (exact) mass is 396 g/mol. The Morgan fingerprint density at radius 1 is 0.800 bits per heavy atom. The number of anilines is 2. The summed E-state index contributed by atoms with van der Waals surface area (Å²) >= 11 is 0. The van der Waals surface area contributed by atoms with Gasteiger partial charge in [0.05, 0.1) is 6.04 Å². The Morgan fingerprint density at radius 3 is 2.03 bits per heavy atom. The van der Waals surface area contributed by atoms with Gasteiger partial charge in [-0.05, 0) is 48.2 Å². The van der Waals surface area contributed by atoms with E-state index in [1.54, 1.807) is 0 Å². The minimum absolute atomic E-state index is 0.112. The Hall–Kier alpha value is -3.86. The number of rotatable bonds is 6. The quantitative estimate of drug-likeness (QED) is 0.439. The van der Waals surface area contributed by atoms with Crippen molar-refractivity contribution in [3.05, 3.63) is 107 Å². The molecule has 0 aliphatic heterocycles. The van der Waals surface area contributed by atoms with Gasteiger partial charge in [0.2, 0.25) is 5.88 Å². The molecule has 3 aromatic carbocycles. The predicted molar refractivity (Wildman–Crippen MR) is 121 cm³/mol. The van der Waals surface area contributed by atoms with Crippen LogP contribution in [0.3, 0.4) is 0 Å². The zero-order chi connectivity index (χ0) is 20.9. The molecule has 3 N–H and O–H groups in total. The van der Waals surface area contributed by atoms with E-state index >= 15 is 0 Å². The molecule has 0 aliphatic rings. The molecule has 5 nitrogen and oxygen atoms in total. The third-order valence-electron chi connectivity index (χ3n) is 5.09. The van der Waals surface area contributed by atoms with E-state index in [1.807, 2.05) is 61.5 Å². The molecule has 0 atom stereocenters. The summed E-state index contributed by atoms with van der Waals surface area (Å²) in [6.45, 7) is 4.11. The summed E-state index contributed by atoms with van der Waals surface area (Å²) in [6.07, 6.45) is 1.46. The summed E-state index contributed by atoms with van der Waals surface area (Å²) in [5.41, 5.74) is 11.3. The number of hydrogen-bond acceptors (Lipinski definition) is 5. The number of ether oxygens (including phenoxy) is 1. The number of nitrogens with two attached hydrogens (primary N) is 1. The number of nitrogens with one attached hydrogen (secondary N) is 1. The maximum Gasteiger partial charge on any atom is 0.248 e. The van der Waals surface area contributed by atoms with Crippen molar-refractivity contribution in [2.75, 3.05) is 11.1 Å². The van der Waals surface area contributed by atoms with Crippen LogP contribution in [-0.4, -0.2) is 9.97 Å². The highest BCUT2D eigenvalue weighted by molar-refractivity contribution is 5.68. The molecule has 0 unspecified atom stereocenters. The fourth-order valence-corrected chi connectivity index (χ4v) is 3.25. The van der Waals surface area contributed by atoms with Crippen LogP contribution in [0.2, 0.25) is 0 Å². The lowest BCUT2D eigenvalue weighted by Gasteiger charge is -2.21. The van der Waals surface area contributed by atoms with E-state index < -0.39 is 0 Å². The third kappa shape index (κ3) is 4.25. The van der Waals surface area contributed by atoms with E-state index in [-0.39, 0.29) is 6.04 Å². The molecule has 0 amide bonds. The van der Waals surface area contributed by atoms with E-state index in [0.717, 1.165) is 16.7 Å². The average Bonchev–Trinajstić information content (AvgIpc) is 2.78. The highest BCUT2D eigenvalue weighted by Crippen LogP contribution is 2.33. The van der Waals surface area contributed by atoms with Gasteiger partial charge in [0.25, 0.3) is 0 Å². The van der Waals surface area contributed by atoms with Crippen LogP contribution in [0.15, 0.2) is 85.2 Å². The maximum absolute atomic E-state index is 6.39. The van der Waals surface area contributed by atoms with Crippen LogP contribution in [0, 0.1) is 13.8 Å². The van der Waals surface area contributed by atoms with Crippen LogP contribution in [-0.2, 0) is 0 Å². The van der Waals surface area contributed by atoms with Gasteiger partial charge in [-0.25, -0.2) is 4.98 Å². The first-order valence-electron chi connectivity index (χ1n) is 9.84. The van der Waals surface area contributed by atoms with Gasteiger partial charge in [-0.3, -0.25) is 0 Å². The van der Waals surface area contributed by atoms with Crippen LogP contribution in [0.25, 0.3) is 0 Å². The second-order valence-electron chi connectivity index (χ2n) is 7.19. The van der Waals surface area contributed by atoms with Crippen molar-refractivity contribution in [2.45, 2.75) is 19.9 Å². The minimum Gasteiger partial charge on any atom is -0.437 e. The fraction of sp³-hybridized carbons (Fsp3) is 0.120.